The monoisotopic (exact) mass is 513 g/mol. The molecule has 15 heteroatoms. The molecule has 1 unspecified atom stereocenters. The second-order valence-corrected chi connectivity index (χ2v) is 8.24. The van der Waals surface area contributed by atoms with Gasteiger partial charge in [0, 0.05) is 19.9 Å². The van der Waals surface area contributed by atoms with Gasteiger partial charge in [0.1, 0.15) is 6.04 Å². The van der Waals surface area contributed by atoms with E-state index in [1.807, 2.05) is 6.92 Å². The van der Waals surface area contributed by atoms with Gasteiger partial charge in [-0.2, -0.15) is 4.98 Å². The van der Waals surface area contributed by atoms with Gasteiger partial charge in [-0.15, -0.1) is 0 Å². The topological polar surface area (TPSA) is 239 Å². The molecule has 0 bridgehead atoms. The first-order chi connectivity index (χ1) is 16.9. The van der Waals surface area contributed by atoms with Gasteiger partial charge in [-0.3, -0.25) is 14.4 Å². The normalized spacial score (nSPS) is 14.1. The summed E-state index contributed by atoms with van der Waals surface area (Å²) in [6, 6.07) is -4.44. The summed E-state index contributed by atoms with van der Waals surface area (Å²) in [5, 5.41) is 32.5. The van der Waals surface area contributed by atoms with Crippen LogP contribution < -0.4 is 27.0 Å². The first-order valence-electron chi connectivity index (χ1n) is 11.6. The van der Waals surface area contributed by atoms with Crippen LogP contribution in [0.25, 0.3) is 0 Å². The molecule has 0 aliphatic rings. The fraction of sp³-hybridized carbons (Fsp3) is 0.667. The zero-order chi connectivity index (χ0) is 27.3. The van der Waals surface area contributed by atoms with Crippen LogP contribution in [0.1, 0.15) is 83.1 Å². The SMILES string of the molecule is CCCC(=O)N[C@@H](CCCCNC(C)=O)c1noc([C@H](CC(N)=O)NC(=O)N[C@H](C(=O)O)C(C)O)n1. The number of carboxylic acids is 1. The molecule has 0 radical (unpaired) electrons. The number of nitrogens with one attached hydrogen (secondary N) is 4. The van der Waals surface area contributed by atoms with Crippen molar-refractivity contribution >= 4 is 29.7 Å². The van der Waals surface area contributed by atoms with Gasteiger partial charge in [0.25, 0.3) is 0 Å². The number of carbonyl (C=O) groups excluding carboxylic acids is 4. The number of aromatic nitrogens is 2. The number of nitrogens with zero attached hydrogens (tertiary/aromatic N) is 2. The third-order valence-electron chi connectivity index (χ3n) is 4.92. The number of amides is 5. The van der Waals surface area contributed by atoms with E-state index in [9.17, 15) is 29.1 Å². The number of aliphatic hydroxyl groups excluding tert-OH is 1. The molecule has 4 atom stereocenters. The fourth-order valence-electron chi connectivity index (χ4n) is 3.16. The van der Waals surface area contributed by atoms with E-state index in [4.69, 9.17) is 15.4 Å². The summed E-state index contributed by atoms with van der Waals surface area (Å²) in [5.74, 6) is -2.72. The molecule has 0 aliphatic carbocycles. The molecule has 1 aromatic rings. The molecule has 202 valence electrons. The molecule has 0 fully saturated rings. The third-order valence-corrected chi connectivity index (χ3v) is 4.92. The van der Waals surface area contributed by atoms with Gasteiger partial charge in [0.05, 0.1) is 18.6 Å². The predicted molar refractivity (Wildman–Crippen MR) is 124 cm³/mol. The molecule has 5 amide bonds. The van der Waals surface area contributed by atoms with Crippen molar-refractivity contribution in [2.45, 2.75) is 83.5 Å². The Morgan fingerprint density at radius 1 is 1.08 bits per heavy atom. The number of hydrogen-bond donors (Lipinski definition) is 7. The van der Waals surface area contributed by atoms with Crippen LogP contribution in [0.3, 0.4) is 0 Å². The average Bonchev–Trinajstić information content (AvgIpc) is 3.25. The zero-order valence-corrected chi connectivity index (χ0v) is 20.6. The summed E-state index contributed by atoms with van der Waals surface area (Å²) in [7, 11) is 0. The van der Waals surface area contributed by atoms with Gasteiger partial charge < -0.3 is 41.7 Å². The number of hydrogen-bond acceptors (Lipinski definition) is 9. The lowest BCUT2D eigenvalue weighted by atomic mass is 10.1. The number of rotatable bonds is 16. The maximum atomic E-state index is 12.3. The van der Waals surface area contributed by atoms with Crippen LogP contribution in [0.4, 0.5) is 4.79 Å². The minimum Gasteiger partial charge on any atom is -0.480 e. The van der Waals surface area contributed by atoms with Crippen LogP contribution in [0, 0.1) is 0 Å². The van der Waals surface area contributed by atoms with Gasteiger partial charge >= 0.3 is 12.0 Å². The molecule has 0 aliphatic heterocycles. The second-order valence-electron chi connectivity index (χ2n) is 8.24. The van der Waals surface area contributed by atoms with Gasteiger partial charge in [0.2, 0.25) is 23.6 Å². The first-order valence-corrected chi connectivity index (χ1v) is 11.6. The van der Waals surface area contributed by atoms with Crippen LogP contribution in [-0.4, -0.2) is 68.8 Å². The molecule has 36 heavy (non-hydrogen) atoms. The molecule has 8 N–H and O–H groups in total. The highest BCUT2D eigenvalue weighted by molar-refractivity contribution is 5.83. The molecule has 0 saturated heterocycles. The van der Waals surface area contributed by atoms with E-state index >= 15 is 0 Å². The Labute approximate surface area is 207 Å². The Balaban J connectivity index is 3.00. The summed E-state index contributed by atoms with van der Waals surface area (Å²) in [5.41, 5.74) is 5.26. The number of carbonyl (C=O) groups is 5. The fourth-order valence-corrected chi connectivity index (χ4v) is 3.16. The van der Waals surface area contributed by atoms with Gasteiger partial charge in [0.15, 0.2) is 11.9 Å². The van der Waals surface area contributed by atoms with Crippen molar-refractivity contribution in [3.8, 4) is 0 Å². The third kappa shape index (κ3) is 11.1. The maximum Gasteiger partial charge on any atom is 0.328 e. The molecule has 1 rings (SSSR count). The summed E-state index contributed by atoms with van der Waals surface area (Å²) in [6.45, 7) is 4.92. The minimum absolute atomic E-state index is 0.109. The van der Waals surface area contributed by atoms with E-state index in [0.717, 1.165) is 0 Å². The molecule has 0 aromatic carbocycles. The van der Waals surface area contributed by atoms with Crippen molar-refractivity contribution in [1.82, 2.24) is 31.4 Å². The Morgan fingerprint density at radius 3 is 2.33 bits per heavy atom. The van der Waals surface area contributed by atoms with Gasteiger partial charge in [-0.1, -0.05) is 12.1 Å². The Morgan fingerprint density at radius 2 is 1.78 bits per heavy atom. The van der Waals surface area contributed by atoms with Crippen molar-refractivity contribution in [1.29, 1.82) is 0 Å². The van der Waals surface area contributed by atoms with Crippen molar-refractivity contribution in [2.75, 3.05) is 6.54 Å². The van der Waals surface area contributed by atoms with Crippen molar-refractivity contribution in [2.24, 2.45) is 5.73 Å². The molecule has 1 heterocycles. The van der Waals surface area contributed by atoms with E-state index in [-0.39, 0.29) is 30.0 Å². The summed E-state index contributed by atoms with van der Waals surface area (Å²) >= 11 is 0. The van der Waals surface area contributed by atoms with Crippen LogP contribution in [0.15, 0.2) is 4.52 Å². The van der Waals surface area contributed by atoms with Crippen molar-refractivity contribution < 1.29 is 38.7 Å². The number of primary amides is 1. The van der Waals surface area contributed by atoms with Crippen molar-refractivity contribution in [3.63, 3.8) is 0 Å². The molecule has 0 spiro atoms. The standard InChI is InChI=1S/C21H35N7O8/c1-4-7-16(32)24-13(8-5-6-9-23-12(3)30)18-27-19(36-28-18)14(10-15(22)31)25-21(35)26-17(11(2)29)20(33)34/h11,13-14,17,29H,4-10H2,1-3H3,(H2,22,31)(H,23,30)(H,24,32)(H,33,34)(H2,25,26,35)/t11?,13-,14-,17-/m0/s1. The lowest BCUT2D eigenvalue weighted by molar-refractivity contribution is -0.141. The van der Waals surface area contributed by atoms with E-state index in [0.29, 0.717) is 32.2 Å². The zero-order valence-electron chi connectivity index (χ0n) is 20.6. The summed E-state index contributed by atoms with van der Waals surface area (Å²) in [6.07, 6.45) is 0.765. The van der Waals surface area contributed by atoms with Crippen LogP contribution >= 0.6 is 0 Å². The average molecular weight is 514 g/mol. The smallest absolute Gasteiger partial charge is 0.328 e. The van der Waals surface area contributed by atoms with Gasteiger partial charge in [-0.05, 0) is 32.6 Å². The van der Waals surface area contributed by atoms with Crippen LogP contribution in [-0.2, 0) is 19.2 Å². The Bertz CT molecular complexity index is 905. The first kappa shape index (κ1) is 30.3. The summed E-state index contributed by atoms with van der Waals surface area (Å²) in [4.78, 5) is 62.5. The highest BCUT2D eigenvalue weighted by atomic mass is 16.5. The quantitative estimate of drug-likeness (QED) is 0.138. The van der Waals surface area contributed by atoms with E-state index in [2.05, 4.69) is 31.4 Å². The number of aliphatic hydroxyl groups is 1. The predicted octanol–water partition coefficient (Wildman–Crippen LogP) is -0.617. The van der Waals surface area contributed by atoms with Crippen LogP contribution in [0.5, 0.6) is 0 Å². The van der Waals surface area contributed by atoms with Crippen LogP contribution in [0.2, 0.25) is 0 Å². The number of carboxylic acid groups (broad SMARTS) is 1. The summed E-state index contributed by atoms with van der Waals surface area (Å²) < 4.78 is 5.22. The Hall–Kier alpha value is -3.75. The molecule has 1 aromatic heterocycles. The number of unbranched alkanes of at least 4 members (excludes halogenated alkanes) is 1. The maximum absolute atomic E-state index is 12.3. The van der Waals surface area contributed by atoms with Crippen molar-refractivity contribution in [3.05, 3.63) is 11.7 Å². The van der Waals surface area contributed by atoms with E-state index in [1.54, 1.807) is 0 Å². The number of aliphatic carboxylic acids is 1. The molecule has 15 nitrogen and oxygen atoms in total. The lowest BCUT2D eigenvalue weighted by Crippen LogP contribution is -2.52. The van der Waals surface area contributed by atoms with E-state index in [1.165, 1.54) is 13.8 Å². The minimum atomic E-state index is -1.60. The Kier molecular flexibility index (Phi) is 12.9. The highest BCUT2D eigenvalue weighted by Gasteiger charge is 2.29. The van der Waals surface area contributed by atoms with E-state index < -0.39 is 48.6 Å². The van der Waals surface area contributed by atoms with Gasteiger partial charge in [-0.25, -0.2) is 9.59 Å². The number of urea groups is 1. The molecular weight excluding hydrogens is 478 g/mol. The largest absolute Gasteiger partial charge is 0.480 e. The molecular formula is C21H35N7O8. The second kappa shape index (κ2) is 15.3. The lowest BCUT2D eigenvalue weighted by Gasteiger charge is -2.19. The highest BCUT2D eigenvalue weighted by Crippen LogP contribution is 2.21. The number of nitrogens with two attached hydrogens (primary N) is 1. The molecule has 0 saturated carbocycles.